The van der Waals surface area contributed by atoms with Crippen molar-refractivity contribution in [2.75, 3.05) is 39.3 Å². The van der Waals surface area contributed by atoms with Crippen LogP contribution in [0.5, 0.6) is 0 Å². The quantitative estimate of drug-likeness (QED) is 0.831. The molecule has 110 valence electrons. The lowest BCUT2D eigenvalue weighted by molar-refractivity contribution is -0.131. The number of aryl methyl sites for hydroxylation is 1. The molecular formula is C13H20N4O3. The van der Waals surface area contributed by atoms with Crippen molar-refractivity contribution in [1.82, 2.24) is 20.3 Å². The van der Waals surface area contributed by atoms with Crippen molar-refractivity contribution in [2.24, 2.45) is 0 Å². The van der Waals surface area contributed by atoms with Crippen molar-refractivity contribution in [3.05, 3.63) is 17.5 Å². The average Bonchev–Trinajstić information content (AvgIpc) is 2.90. The van der Waals surface area contributed by atoms with E-state index in [1.165, 1.54) is 6.26 Å². The number of amides is 2. The number of carbonyl (C=O) groups is 2. The number of aromatic nitrogens is 1. The van der Waals surface area contributed by atoms with Gasteiger partial charge in [0.15, 0.2) is 0 Å². The third-order valence-corrected chi connectivity index (χ3v) is 3.57. The van der Waals surface area contributed by atoms with Gasteiger partial charge < -0.3 is 19.6 Å². The van der Waals surface area contributed by atoms with Crippen LogP contribution < -0.4 is 5.32 Å². The van der Waals surface area contributed by atoms with Crippen LogP contribution in [0.4, 0.5) is 0 Å². The van der Waals surface area contributed by atoms with Crippen LogP contribution in [0.1, 0.15) is 23.0 Å². The summed E-state index contributed by atoms with van der Waals surface area (Å²) in [4.78, 5) is 27.9. The second-order valence-corrected chi connectivity index (χ2v) is 4.81. The van der Waals surface area contributed by atoms with E-state index in [4.69, 9.17) is 4.52 Å². The monoisotopic (exact) mass is 280 g/mol. The van der Waals surface area contributed by atoms with Gasteiger partial charge in [0.05, 0.1) is 12.2 Å². The van der Waals surface area contributed by atoms with Crippen molar-refractivity contribution in [3.8, 4) is 0 Å². The maximum Gasteiger partial charge on any atom is 0.256 e. The molecule has 1 fully saturated rings. The standard InChI is InChI=1S/C13H20N4O3/c1-3-16-4-6-17(7-5-16)12(18)8-14-13(19)11-9-20-15-10(11)2/h9H,3-8H2,1-2H3,(H,14,19). The highest BCUT2D eigenvalue weighted by Crippen LogP contribution is 2.05. The van der Waals surface area contributed by atoms with Crippen molar-refractivity contribution < 1.29 is 14.1 Å². The minimum Gasteiger partial charge on any atom is -0.364 e. The molecule has 2 rings (SSSR count). The maximum atomic E-state index is 12.0. The van der Waals surface area contributed by atoms with Gasteiger partial charge in [-0.2, -0.15) is 0 Å². The zero-order chi connectivity index (χ0) is 14.5. The highest BCUT2D eigenvalue weighted by atomic mass is 16.5. The van der Waals surface area contributed by atoms with Gasteiger partial charge in [-0.15, -0.1) is 0 Å². The summed E-state index contributed by atoms with van der Waals surface area (Å²) in [6.07, 6.45) is 1.29. The van der Waals surface area contributed by atoms with Crippen molar-refractivity contribution in [3.63, 3.8) is 0 Å². The van der Waals surface area contributed by atoms with Gasteiger partial charge in [-0.3, -0.25) is 9.59 Å². The van der Waals surface area contributed by atoms with E-state index in [2.05, 4.69) is 22.3 Å². The average molecular weight is 280 g/mol. The molecule has 20 heavy (non-hydrogen) atoms. The number of hydrogen-bond acceptors (Lipinski definition) is 5. The Hall–Kier alpha value is -1.89. The molecule has 1 aliphatic heterocycles. The third kappa shape index (κ3) is 3.36. The molecule has 1 aromatic rings. The predicted octanol–water partition coefficient (Wildman–Crippen LogP) is -0.123. The molecule has 7 heteroatoms. The number of likely N-dealkylation sites (N-methyl/N-ethyl adjacent to an activating group) is 1. The van der Waals surface area contributed by atoms with E-state index in [0.717, 1.165) is 32.7 Å². The molecule has 0 saturated carbocycles. The minimum atomic E-state index is -0.329. The largest absolute Gasteiger partial charge is 0.364 e. The molecule has 1 N–H and O–H groups in total. The zero-order valence-corrected chi connectivity index (χ0v) is 11.9. The fraction of sp³-hybridized carbons (Fsp3) is 0.615. The Morgan fingerprint density at radius 3 is 2.60 bits per heavy atom. The summed E-state index contributed by atoms with van der Waals surface area (Å²) >= 11 is 0. The number of nitrogens with one attached hydrogen (secondary N) is 1. The van der Waals surface area contributed by atoms with Crippen molar-refractivity contribution >= 4 is 11.8 Å². The molecule has 1 aromatic heterocycles. The fourth-order valence-electron chi connectivity index (χ4n) is 2.19. The molecule has 0 unspecified atom stereocenters. The zero-order valence-electron chi connectivity index (χ0n) is 11.9. The first-order chi connectivity index (χ1) is 9.61. The molecule has 0 aromatic carbocycles. The first kappa shape index (κ1) is 14.5. The normalized spacial score (nSPS) is 16.2. The number of piperazine rings is 1. The Bertz CT molecular complexity index is 478. The lowest BCUT2D eigenvalue weighted by atomic mass is 10.2. The van der Waals surface area contributed by atoms with Gasteiger partial charge in [0.1, 0.15) is 11.8 Å². The topological polar surface area (TPSA) is 78.7 Å². The molecule has 2 amide bonds. The van der Waals surface area contributed by atoms with Gasteiger partial charge in [0.2, 0.25) is 5.91 Å². The number of carbonyl (C=O) groups excluding carboxylic acids is 2. The molecule has 0 bridgehead atoms. The van der Waals surface area contributed by atoms with E-state index >= 15 is 0 Å². The van der Waals surface area contributed by atoms with E-state index in [1.54, 1.807) is 11.8 Å². The summed E-state index contributed by atoms with van der Waals surface area (Å²) in [5, 5.41) is 6.24. The summed E-state index contributed by atoms with van der Waals surface area (Å²) in [7, 11) is 0. The Kier molecular flexibility index (Phi) is 4.73. The number of hydrogen-bond donors (Lipinski definition) is 1. The molecular weight excluding hydrogens is 260 g/mol. The van der Waals surface area contributed by atoms with Gasteiger partial charge in [0.25, 0.3) is 5.91 Å². The Labute approximate surface area is 117 Å². The minimum absolute atomic E-state index is 0.00950. The first-order valence-corrected chi connectivity index (χ1v) is 6.81. The molecule has 0 atom stereocenters. The SMILES string of the molecule is CCN1CCN(C(=O)CNC(=O)c2conc2C)CC1. The summed E-state index contributed by atoms with van der Waals surface area (Å²) < 4.78 is 4.70. The van der Waals surface area contributed by atoms with E-state index in [0.29, 0.717) is 11.3 Å². The van der Waals surface area contributed by atoms with Crippen LogP contribution in [0.2, 0.25) is 0 Å². The molecule has 2 heterocycles. The van der Waals surface area contributed by atoms with Gasteiger partial charge in [-0.05, 0) is 13.5 Å². The molecule has 0 spiro atoms. The van der Waals surface area contributed by atoms with Crippen LogP contribution in [0.15, 0.2) is 10.8 Å². The van der Waals surface area contributed by atoms with Crippen LogP contribution in [-0.4, -0.2) is 66.0 Å². The van der Waals surface area contributed by atoms with Crippen LogP contribution in [0.25, 0.3) is 0 Å². The Morgan fingerprint density at radius 2 is 2.05 bits per heavy atom. The lowest BCUT2D eigenvalue weighted by Gasteiger charge is -2.34. The lowest BCUT2D eigenvalue weighted by Crippen LogP contribution is -2.51. The molecule has 0 aliphatic carbocycles. The summed E-state index contributed by atoms with van der Waals surface area (Å²) in [6, 6.07) is 0. The summed E-state index contributed by atoms with van der Waals surface area (Å²) in [5.74, 6) is -0.382. The highest BCUT2D eigenvalue weighted by molar-refractivity contribution is 5.96. The van der Waals surface area contributed by atoms with Crippen molar-refractivity contribution in [2.45, 2.75) is 13.8 Å². The van der Waals surface area contributed by atoms with Gasteiger partial charge >= 0.3 is 0 Å². The summed E-state index contributed by atoms with van der Waals surface area (Å²) in [6.45, 7) is 8.02. The van der Waals surface area contributed by atoms with E-state index in [9.17, 15) is 9.59 Å². The van der Waals surface area contributed by atoms with Crippen LogP contribution in [-0.2, 0) is 4.79 Å². The molecule has 1 aliphatic rings. The van der Waals surface area contributed by atoms with E-state index in [1.807, 2.05) is 0 Å². The van der Waals surface area contributed by atoms with Gasteiger partial charge in [0, 0.05) is 26.2 Å². The van der Waals surface area contributed by atoms with Crippen LogP contribution in [0.3, 0.4) is 0 Å². The number of nitrogens with zero attached hydrogens (tertiary/aromatic N) is 3. The molecule has 7 nitrogen and oxygen atoms in total. The van der Waals surface area contributed by atoms with Crippen molar-refractivity contribution in [1.29, 1.82) is 0 Å². The smallest absolute Gasteiger partial charge is 0.256 e. The van der Waals surface area contributed by atoms with E-state index in [-0.39, 0.29) is 18.4 Å². The van der Waals surface area contributed by atoms with E-state index < -0.39 is 0 Å². The Balaban J connectivity index is 1.78. The fourth-order valence-corrected chi connectivity index (χ4v) is 2.19. The predicted molar refractivity (Wildman–Crippen MR) is 72.3 cm³/mol. The maximum absolute atomic E-state index is 12.0. The Morgan fingerprint density at radius 1 is 1.35 bits per heavy atom. The van der Waals surface area contributed by atoms with Crippen LogP contribution in [0, 0.1) is 6.92 Å². The second kappa shape index (κ2) is 6.51. The summed E-state index contributed by atoms with van der Waals surface area (Å²) in [5.41, 5.74) is 0.889. The van der Waals surface area contributed by atoms with Gasteiger partial charge in [-0.1, -0.05) is 12.1 Å². The first-order valence-electron chi connectivity index (χ1n) is 6.81. The molecule has 1 saturated heterocycles. The third-order valence-electron chi connectivity index (χ3n) is 3.57. The molecule has 0 radical (unpaired) electrons. The second-order valence-electron chi connectivity index (χ2n) is 4.81. The highest BCUT2D eigenvalue weighted by Gasteiger charge is 2.21. The van der Waals surface area contributed by atoms with Gasteiger partial charge in [-0.25, -0.2) is 0 Å². The number of rotatable bonds is 4. The van der Waals surface area contributed by atoms with Crippen LogP contribution >= 0.6 is 0 Å².